The average Bonchev–Trinajstić information content (AvgIpc) is 2.60. The minimum Gasteiger partial charge on any atom is -0.481 e. The van der Waals surface area contributed by atoms with Gasteiger partial charge >= 0.3 is 5.97 Å². The molecule has 0 saturated carbocycles. The standard InChI is InChI=1S/C17H31NO3S/c1-13(2)14(18-10-7-5-6-8-15(18)19)12-17(3,4)22-11-9-16(20)21/h13-14H,5-12H2,1-4H3,(H,20,21). The van der Waals surface area contributed by atoms with Crippen molar-refractivity contribution in [3.63, 3.8) is 0 Å². The predicted molar refractivity (Wildman–Crippen MR) is 92.2 cm³/mol. The summed E-state index contributed by atoms with van der Waals surface area (Å²) >= 11 is 1.70. The van der Waals surface area contributed by atoms with Crippen LogP contribution >= 0.6 is 11.8 Å². The lowest BCUT2D eigenvalue weighted by atomic mass is 9.92. The predicted octanol–water partition coefficient (Wildman–Crippen LogP) is 3.79. The number of rotatable bonds is 8. The van der Waals surface area contributed by atoms with Crippen LogP contribution in [0.25, 0.3) is 0 Å². The van der Waals surface area contributed by atoms with E-state index in [1.54, 1.807) is 11.8 Å². The van der Waals surface area contributed by atoms with Gasteiger partial charge in [0, 0.05) is 29.5 Å². The first kappa shape index (κ1) is 19.3. The van der Waals surface area contributed by atoms with Crippen molar-refractivity contribution in [2.24, 2.45) is 5.92 Å². The zero-order valence-electron chi connectivity index (χ0n) is 14.4. The second kappa shape index (κ2) is 8.80. The van der Waals surface area contributed by atoms with Crippen molar-refractivity contribution in [2.75, 3.05) is 12.3 Å². The van der Waals surface area contributed by atoms with Gasteiger partial charge in [0.15, 0.2) is 0 Å². The Hall–Kier alpha value is -0.710. The molecule has 1 aliphatic heterocycles. The fourth-order valence-electron chi connectivity index (χ4n) is 3.04. The molecule has 1 amide bonds. The van der Waals surface area contributed by atoms with Gasteiger partial charge < -0.3 is 10.0 Å². The molecule has 1 heterocycles. The molecule has 1 unspecified atom stereocenters. The van der Waals surface area contributed by atoms with Crippen LogP contribution in [0.15, 0.2) is 0 Å². The first-order valence-electron chi connectivity index (χ1n) is 8.38. The summed E-state index contributed by atoms with van der Waals surface area (Å²) in [6, 6.07) is 0.248. The molecule has 0 bridgehead atoms. The number of carboxylic acids is 1. The van der Waals surface area contributed by atoms with Gasteiger partial charge in [-0.15, -0.1) is 0 Å². The lowest BCUT2D eigenvalue weighted by molar-refractivity contribution is -0.136. The molecule has 0 aromatic heterocycles. The van der Waals surface area contributed by atoms with E-state index in [0.29, 0.717) is 24.0 Å². The van der Waals surface area contributed by atoms with Gasteiger partial charge in [-0.1, -0.05) is 34.1 Å². The molecular formula is C17H31NO3S. The molecule has 1 saturated heterocycles. The van der Waals surface area contributed by atoms with E-state index in [2.05, 4.69) is 32.6 Å². The Bertz CT molecular complexity index is 382. The number of hydrogen-bond acceptors (Lipinski definition) is 3. The zero-order chi connectivity index (χ0) is 16.8. The van der Waals surface area contributed by atoms with E-state index < -0.39 is 5.97 Å². The second-order valence-electron chi connectivity index (χ2n) is 7.17. The molecule has 1 atom stereocenters. The highest BCUT2D eigenvalue weighted by Crippen LogP contribution is 2.34. The Morgan fingerprint density at radius 1 is 1.32 bits per heavy atom. The van der Waals surface area contributed by atoms with E-state index in [1.807, 2.05) is 0 Å². The van der Waals surface area contributed by atoms with Crippen molar-refractivity contribution in [1.82, 2.24) is 4.90 Å². The maximum atomic E-state index is 12.4. The Kier molecular flexibility index (Phi) is 7.74. The monoisotopic (exact) mass is 329 g/mol. The van der Waals surface area contributed by atoms with Crippen molar-refractivity contribution in [2.45, 2.75) is 77.0 Å². The minimum atomic E-state index is -0.744. The molecule has 0 aromatic carbocycles. The van der Waals surface area contributed by atoms with Gasteiger partial charge in [0.1, 0.15) is 0 Å². The lowest BCUT2D eigenvalue weighted by Gasteiger charge is -2.39. The molecule has 1 N–H and O–H groups in total. The molecule has 128 valence electrons. The van der Waals surface area contributed by atoms with Crippen LogP contribution in [-0.2, 0) is 9.59 Å². The normalized spacial score (nSPS) is 18.4. The maximum absolute atomic E-state index is 12.4. The lowest BCUT2D eigenvalue weighted by Crippen LogP contribution is -2.46. The first-order chi connectivity index (χ1) is 10.2. The van der Waals surface area contributed by atoms with E-state index in [9.17, 15) is 9.59 Å². The SMILES string of the molecule is CC(C)C(CC(C)(C)SCCC(=O)O)N1CCCCCC1=O. The second-order valence-corrected chi connectivity index (χ2v) is 8.97. The highest BCUT2D eigenvalue weighted by Gasteiger charge is 2.32. The van der Waals surface area contributed by atoms with Gasteiger partial charge in [0.05, 0.1) is 6.42 Å². The fourth-order valence-corrected chi connectivity index (χ4v) is 4.16. The van der Waals surface area contributed by atoms with Crippen LogP contribution in [0, 0.1) is 5.92 Å². The Morgan fingerprint density at radius 3 is 2.59 bits per heavy atom. The summed E-state index contributed by atoms with van der Waals surface area (Å²) in [5.41, 5.74) is 0. The third kappa shape index (κ3) is 6.59. The van der Waals surface area contributed by atoms with Crippen LogP contribution in [0.5, 0.6) is 0 Å². The number of carbonyl (C=O) groups is 2. The molecule has 1 aliphatic rings. The number of amides is 1. The molecular weight excluding hydrogens is 298 g/mol. The fraction of sp³-hybridized carbons (Fsp3) is 0.882. The number of carboxylic acid groups (broad SMARTS) is 1. The summed E-state index contributed by atoms with van der Waals surface area (Å²) in [6.45, 7) is 9.56. The number of aliphatic carboxylic acids is 1. The van der Waals surface area contributed by atoms with Crippen LogP contribution in [-0.4, -0.2) is 45.0 Å². The van der Waals surface area contributed by atoms with Crippen LogP contribution in [0.2, 0.25) is 0 Å². The Morgan fingerprint density at radius 2 is 2.00 bits per heavy atom. The first-order valence-corrected chi connectivity index (χ1v) is 9.37. The van der Waals surface area contributed by atoms with Crippen molar-refractivity contribution in [1.29, 1.82) is 0 Å². The molecule has 0 spiro atoms. The summed E-state index contributed by atoms with van der Waals surface area (Å²) in [6.07, 6.45) is 5.04. The average molecular weight is 330 g/mol. The number of nitrogens with zero attached hydrogens (tertiary/aromatic N) is 1. The molecule has 0 aromatic rings. The van der Waals surface area contributed by atoms with Gasteiger partial charge in [-0.25, -0.2) is 0 Å². The van der Waals surface area contributed by atoms with E-state index in [-0.39, 0.29) is 17.2 Å². The minimum absolute atomic E-state index is 0.0169. The van der Waals surface area contributed by atoms with Crippen molar-refractivity contribution in [3.8, 4) is 0 Å². The zero-order valence-corrected chi connectivity index (χ0v) is 15.2. The molecule has 5 heteroatoms. The third-order valence-corrected chi connectivity index (χ3v) is 5.65. The smallest absolute Gasteiger partial charge is 0.304 e. The van der Waals surface area contributed by atoms with Crippen molar-refractivity contribution in [3.05, 3.63) is 0 Å². The molecule has 0 radical (unpaired) electrons. The topological polar surface area (TPSA) is 57.6 Å². The van der Waals surface area contributed by atoms with Gasteiger partial charge in [-0.2, -0.15) is 11.8 Å². The summed E-state index contributed by atoms with van der Waals surface area (Å²) in [7, 11) is 0. The number of likely N-dealkylation sites (tertiary alicyclic amines) is 1. The van der Waals surface area contributed by atoms with Crippen molar-refractivity contribution >= 4 is 23.6 Å². The summed E-state index contributed by atoms with van der Waals surface area (Å²) < 4.78 is -0.0169. The Labute approximate surface area is 139 Å². The van der Waals surface area contributed by atoms with E-state index in [4.69, 9.17) is 5.11 Å². The molecule has 22 heavy (non-hydrogen) atoms. The maximum Gasteiger partial charge on any atom is 0.304 e. The summed E-state index contributed by atoms with van der Waals surface area (Å²) in [5, 5.41) is 8.78. The van der Waals surface area contributed by atoms with Crippen molar-refractivity contribution < 1.29 is 14.7 Å². The number of thioether (sulfide) groups is 1. The van der Waals surface area contributed by atoms with Crippen LogP contribution in [0.1, 0.15) is 66.2 Å². The molecule has 1 fully saturated rings. The third-order valence-electron chi connectivity index (χ3n) is 4.29. The van der Waals surface area contributed by atoms with Crippen LogP contribution in [0.4, 0.5) is 0 Å². The van der Waals surface area contributed by atoms with E-state index in [0.717, 1.165) is 32.2 Å². The number of carbonyl (C=O) groups excluding carboxylic acids is 1. The highest BCUT2D eigenvalue weighted by molar-refractivity contribution is 8.00. The van der Waals surface area contributed by atoms with Gasteiger partial charge in [-0.05, 0) is 25.2 Å². The van der Waals surface area contributed by atoms with Crippen LogP contribution in [0.3, 0.4) is 0 Å². The Balaban J connectivity index is 2.69. The van der Waals surface area contributed by atoms with E-state index >= 15 is 0 Å². The quantitative estimate of drug-likeness (QED) is 0.736. The summed E-state index contributed by atoms with van der Waals surface area (Å²) in [4.78, 5) is 25.2. The molecule has 1 rings (SSSR count). The van der Waals surface area contributed by atoms with Gasteiger partial charge in [-0.3, -0.25) is 9.59 Å². The molecule has 0 aliphatic carbocycles. The number of hydrogen-bond donors (Lipinski definition) is 1. The van der Waals surface area contributed by atoms with Gasteiger partial charge in [0.25, 0.3) is 0 Å². The highest BCUT2D eigenvalue weighted by atomic mass is 32.2. The van der Waals surface area contributed by atoms with E-state index in [1.165, 1.54) is 0 Å². The summed E-state index contributed by atoms with van der Waals surface area (Å²) in [5.74, 6) is 0.594. The largest absolute Gasteiger partial charge is 0.481 e. The van der Waals surface area contributed by atoms with Crippen LogP contribution < -0.4 is 0 Å². The van der Waals surface area contributed by atoms with Gasteiger partial charge in [0.2, 0.25) is 5.91 Å². The molecule has 4 nitrogen and oxygen atoms in total.